The molecule has 2 rings (SSSR count). The standard InChI is InChI=1S/C13H20N2O/c1-2-15-8-6-11-10-12(4-5-13(11)15)16-9-3-7-14/h4-5,10H,2-3,6-9,14H2,1H3. The SMILES string of the molecule is CCN1CCc2cc(OCCCN)ccc21. The van der Waals surface area contributed by atoms with E-state index in [0.717, 1.165) is 31.7 Å². The van der Waals surface area contributed by atoms with Crippen molar-refractivity contribution in [1.29, 1.82) is 0 Å². The third-order valence-corrected chi connectivity index (χ3v) is 3.04. The normalized spacial score (nSPS) is 14.0. The number of likely N-dealkylation sites (N-methyl/N-ethyl adjacent to an activating group) is 1. The zero-order valence-electron chi connectivity index (χ0n) is 9.91. The Balaban J connectivity index is 2.03. The van der Waals surface area contributed by atoms with Gasteiger partial charge in [-0.1, -0.05) is 0 Å². The van der Waals surface area contributed by atoms with Gasteiger partial charge in [0.2, 0.25) is 0 Å². The largest absolute Gasteiger partial charge is 0.494 e. The van der Waals surface area contributed by atoms with Crippen LogP contribution in [-0.4, -0.2) is 26.2 Å². The maximum absolute atomic E-state index is 5.64. The lowest BCUT2D eigenvalue weighted by Gasteiger charge is -2.16. The van der Waals surface area contributed by atoms with Crippen molar-refractivity contribution in [2.45, 2.75) is 19.8 Å². The fraction of sp³-hybridized carbons (Fsp3) is 0.538. The Morgan fingerprint density at radius 1 is 1.44 bits per heavy atom. The van der Waals surface area contributed by atoms with Gasteiger partial charge in [-0.05, 0) is 50.1 Å². The highest BCUT2D eigenvalue weighted by atomic mass is 16.5. The smallest absolute Gasteiger partial charge is 0.119 e. The molecule has 0 bridgehead atoms. The van der Waals surface area contributed by atoms with Gasteiger partial charge in [-0.3, -0.25) is 0 Å². The molecule has 3 nitrogen and oxygen atoms in total. The van der Waals surface area contributed by atoms with Crippen LogP contribution in [0.1, 0.15) is 18.9 Å². The summed E-state index contributed by atoms with van der Waals surface area (Å²) in [6.45, 7) is 5.82. The molecular formula is C13H20N2O. The highest BCUT2D eigenvalue weighted by Crippen LogP contribution is 2.30. The van der Waals surface area contributed by atoms with Gasteiger partial charge in [0.1, 0.15) is 5.75 Å². The van der Waals surface area contributed by atoms with Crippen molar-refractivity contribution in [1.82, 2.24) is 0 Å². The van der Waals surface area contributed by atoms with Crippen molar-refractivity contribution >= 4 is 5.69 Å². The van der Waals surface area contributed by atoms with E-state index < -0.39 is 0 Å². The molecule has 1 aliphatic rings. The second-order valence-electron chi connectivity index (χ2n) is 4.11. The van der Waals surface area contributed by atoms with Crippen molar-refractivity contribution in [2.75, 3.05) is 31.1 Å². The van der Waals surface area contributed by atoms with Gasteiger partial charge in [0.25, 0.3) is 0 Å². The van der Waals surface area contributed by atoms with Crippen LogP contribution in [0.4, 0.5) is 5.69 Å². The number of benzene rings is 1. The molecule has 0 aromatic heterocycles. The minimum absolute atomic E-state index is 0.689. The molecule has 3 heteroatoms. The fourth-order valence-electron chi connectivity index (χ4n) is 2.14. The zero-order valence-corrected chi connectivity index (χ0v) is 9.91. The lowest BCUT2D eigenvalue weighted by Crippen LogP contribution is -2.18. The summed E-state index contributed by atoms with van der Waals surface area (Å²) in [5, 5.41) is 0. The number of hydrogen-bond donors (Lipinski definition) is 1. The Kier molecular flexibility index (Phi) is 3.67. The molecule has 0 aliphatic carbocycles. The summed E-state index contributed by atoms with van der Waals surface area (Å²) in [5.41, 5.74) is 8.21. The number of hydrogen-bond acceptors (Lipinski definition) is 3. The van der Waals surface area contributed by atoms with E-state index in [0.29, 0.717) is 13.2 Å². The first kappa shape index (κ1) is 11.3. The number of anilines is 1. The number of nitrogens with zero attached hydrogens (tertiary/aromatic N) is 1. The van der Waals surface area contributed by atoms with E-state index in [1.165, 1.54) is 11.3 Å². The summed E-state index contributed by atoms with van der Waals surface area (Å²) in [6, 6.07) is 6.40. The summed E-state index contributed by atoms with van der Waals surface area (Å²) in [4.78, 5) is 2.40. The van der Waals surface area contributed by atoms with Crippen molar-refractivity contribution in [3.05, 3.63) is 23.8 Å². The number of nitrogens with two attached hydrogens (primary N) is 1. The van der Waals surface area contributed by atoms with Crippen LogP contribution in [0.2, 0.25) is 0 Å². The van der Waals surface area contributed by atoms with E-state index in [4.69, 9.17) is 10.5 Å². The van der Waals surface area contributed by atoms with E-state index in [1.54, 1.807) is 0 Å². The third-order valence-electron chi connectivity index (χ3n) is 3.04. The Labute approximate surface area is 97.2 Å². The van der Waals surface area contributed by atoms with Crippen molar-refractivity contribution in [3.63, 3.8) is 0 Å². The Bertz CT molecular complexity index is 352. The van der Waals surface area contributed by atoms with Gasteiger partial charge in [0, 0.05) is 18.8 Å². The summed E-state index contributed by atoms with van der Waals surface area (Å²) >= 11 is 0. The van der Waals surface area contributed by atoms with Gasteiger partial charge in [0.05, 0.1) is 6.61 Å². The minimum atomic E-state index is 0.689. The molecule has 0 spiro atoms. The molecule has 1 aliphatic heterocycles. The highest BCUT2D eigenvalue weighted by Gasteiger charge is 2.17. The second kappa shape index (κ2) is 5.21. The maximum Gasteiger partial charge on any atom is 0.119 e. The van der Waals surface area contributed by atoms with Crippen LogP contribution in [0.3, 0.4) is 0 Å². The molecule has 0 fully saturated rings. The van der Waals surface area contributed by atoms with Crippen molar-refractivity contribution < 1.29 is 4.74 Å². The first-order valence-electron chi connectivity index (χ1n) is 6.06. The van der Waals surface area contributed by atoms with E-state index in [-0.39, 0.29) is 0 Å². The second-order valence-corrected chi connectivity index (χ2v) is 4.11. The molecular weight excluding hydrogens is 200 g/mol. The predicted octanol–water partition coefficient (Wildman–Crippen LogP) is 1.80. The van der Waals surface area contributed by atoms with Crippen LogP contribution < -0.4 is 15.4 Å². The van der Waals surface area contributed by atoms with Crippen molar-refractivity contribution in [3.8, 4) is 5.75 Å². The van der Waals surface area contributed by atoms with Gasteiger partial charge in [-0.15, -0.1) is 0 Å². The van der Waals surface area contributed by atoms with Gasteiger partial charge in [0.15, 0.2) is 0 Å². The average Bonchev–Trinajstić information content (AvgIpc) is 2.71. The first-order chi connectivity index (χ1) is 7.85. The summed E-state index contributed by atoms with van der Waals surface area (Å²) in [6.07, 6.45) is 2.05. The fourth-order valence-corrected chi connectivity index (χ4v) is 2.14. The Morgan fingerprint density at radius 3 is 3.06 bits per heavy atom. The Morgan fingerprint density at radius 2 is 2.31 bits per heavy atom. The van der Waals surface area contributed by atoms with Crippen LogP contribution in [0, 0.1) is 0 Å². The molecule has 0 radical (unpaired) electrons. The molecule has 88 valence electrons. The van der Waals surface area contributed by atoms with Gasteiger partial charge in [-0.2, -0.15) is 0 Å². The van der Waals surface area contributed by atoms with Gasteiger partial charge >= 0.3 is 0 Å². The molecule has 1 aromatic rings. The van der Waals surface area contributed by atoms with Crippen LogP contribution in [-0.2, 0) is 6.42 Å². The summed E-state index contributed by atoms with van der Waals surface area (Å²) in [5.74, 6) is 0.977. The summed E-state index contributed by atoms with van der Waals surface area (Å²) < 4.78 is 5.64. The molecule has 1 heterocycles. The van der Waals surface area contributed by atoms with Gasteiger partial charge in [-0.25, -0.2) is 0 Å². The molecule has 16 heavy (non-hydrogen) atoms. The highest BCUT2D eigenvalue weighted by molar-refractivity contribution is 5.60. The molecule has 0 atom stereocenters. The van der Waals surface area contributed by atoms with Crippen LogP contribution in [0.5, 0.6) is 5.75 Å². The van der Waals surface area contributed by atoms with E-state index >= 15 is 0 Å². The average molecular weight is 220 g/mol. The predicted molar refractivity (Wildman–Crippen MR) is 67.2 cm³/mol. The lowest BCUT2D eigenvalue weighted by molar-refractivity contribution is 0.313. The zero-order chi connectivity index (χ0) is 11.4. The maximum atomic E-state index is 5.64. The van der Waals surface area contributed by atoms with Crippen LogP contribution >= 0.6 is 0 Å². The molecule has 1 aromatic carbocycles. The van der Waals surface area contributed by atoms with Crippen LogP contribution in [0.25, 0.3) is 0 Å². The summed E-state index contributed by atoms with van der Waals surface area (Å²) in [7, 11) is 0. The monoisotopic (exact) mass is 220 g/mol. The molecule has 0 unspecified atom stereocenters. The quantitative estimate of drug-likeness (QED) is 0.769. The topological polar surface area (TPSA) is 38.5 Å². The van der Waals surface area contributed by atoms with E-state index in [2.05, 4.69) is 30.0 Å². The third kappa shape index (κ3) is 2.30. The van der Waals surface area contributed by atoms with Crippen LogP contribution in [0.15, 0.2) is 18.2 Å². The molecule has 0 amide bonds. The van der Waals surface area contributed by atoms with Gasteiger partial charge < -0.3 is 15.4 Å². The lowest BCUT2D eigenvalue weighted by atomic mass is 10.1. The number of fused-ring (bicyclic) bond motifs is 1. The molecule has 2 N–H and O–H groups in total. The Hall–Kier alpha value is -1.22. The first-order valence-corrected chi connectivity index (χ1v) is 6.06. The molecule has 0 saturated heterocycles. The van der Waals surface area contributed by atoms with E-state index in [1.807, 2.05) is 0 Å². The minimum Gasteiger partial charge on any atom is -0.494 e. The number of rotatable bonds is 5. The van der Waals surface area contributed by atoms with E-state index in [9.17, 15) is 0 Å². The number of ether oxygens (including phenoxy) is 1. The van der Waals surface area contributed by atoms with Crippen molar-refractivity contribution in [2.24, 2.45) is 5.73 Å². The molecule has 0 saturated carbocycles.